The summed E-state index contributed by atoms with van der Waals surface area (Å²) in [6.07, 6.45) is -4.78. The first-order chi connectivity index (χ1) is 6.79. The minimum atomic E-state index is -4.78. The van der Waals surface area contributed by atoms with E-state index in [4.69, 9.17) is 5.11 Å². The normalized spacial score (nSPS) is 13.1. The fraction of sp³-hybridized carbons (Fsp3) is 0.714. The van der Waals surface area contributed by atoms with Crippen LogP contribution in [-0.2, 0) is 4.79 Å². The molecule has 0 bridgehead atoms. The lowest BCUT2D eigenvalue weighted by atomic mass is 10.1. The molecule has 0 amide bonds. The molecule has 4 nitrogen and oxygen atoms in total. The number of alkyl halides is 3. The standard InChI is InChI=1S/C7H11F3N2O2S/c1-2-11-6(15)12-3-4(5(13)14)7(8,9)10/h4H,2-3H2,1H3,(H,13,14)(H2,11,12,15). The second-order valence-corrected chi connectivity index (χ2v) is 3.08. The molecule has 0 radical (unpaired) electrons. The van der Waals surface area contributed by atoms with Gasteiger partial charge in [-0.2, -0.15) is 13.2 Å². The Balaban J connectivity index is 4.21. The van der Waals surface area contributed by atoms with Crippen molar-refractivity contribution in [2.75, 3.05) is 13.1 Å². The molecule has 1 unspecified atom stereocenters. The molecule has 8 heteroatoms. The molecule has 0 aromatic heterocycles. The van der Waals surface area contributed by atoms with Crippen LogP contribution in [0.15, 0.2) is 0 Å². The summed E-state index contributed by atoms with van der Waals surface area (Å²) in [5.74, 6) is -4.37. The van der Waals surface area contributed by atoms with Gasteiger partial charge in [-0.15, -0.1) is 0 Å². The van der Waals surface area contributed by atoms with Crippen molar-refractivity contribution < 1.29 is 23.1 Å². The minimum absolute atomic E-state index is 0.00741. The van der Waals surface area contributed by atoms with Crippen LogP contribution in [0.2, 0.25) is 0 Å². The van der Waals surface area contributed by atoms with Gasteiger partial charge < -0.3 is 15.7 Å². The van der Waals surface area contributed by atoms with E-state index >= 15 is 0 Å². The first kappa shape index (κ1) is 13.9. The Bertz CT molecular complexity index is 245. The summed E-state index contributed by atoms with van der Waals surface area (Å²) >= 11 is 4.60. The number of nitrogens with one attached hydrogen (secondary N) is 2. The fourth-order valence-electron chi connectivity index (χ4n) is 0.761. The van der Waals surface area contributed by atoms with E-state index in [1.807, 2.05) is 0 Å². The van der Waals surface area contributed by atoms with Crippen molar-refractivity contribution in [1.29, 1.82) is 0 Å². The molecule has 0 rings (SSSR count). The van der Waals surface area contributed by atoms with Crippen LogP contribution < -0.4 is 10.6 Å². The molecule has 88 valence electrons. The van der Waals surface area contributed by atoms with E-state index < -0.39 is 24.6 Å². The maximum absolute atomic E-state index is 12.1. The van der Waals surface area contributed by atoms with Gasteiger partial charge in [0.05, 0.1) is 0 Å². The fourth-order valence-corrected chi connectivity index (χ4v) is 0.989. The zero-order valence-electron chi connectivity index (χ0n) is 7.89. The van der Waals surface area contributed by atoms with Crippen LogP contribution in [0.5, 0.6) is 0 Å². The zero-order valence-corrected chi connectivity index (χ0v) is 8.71. The Labute approximate surface area is 89.8 Å². The molecule has 0 heterocycles. The van der Waals surface area contributed by atoms with Gasteiger partial charge in [0.1, 0.15) is 0 Å². The summed E-state index contributed by atoms with van der Waals surface area (Å²) in [6, 6.07) is 0. The lowest BCUT2D eigenvalue weighted by Gasteiger charge is -2.17. The van der Waals surface area contributed by atoms with Gasteiger partial charge in [-0.1, -0.05) is 0 Å². The number of hydrogen-bond donors (Lipinski definition) is 3. The molecule has 0 saturated heterocycles. The summed E-state index contributed by atoms with van der Waals surface area (Å²) in [5.41, 5.74) is 0. The van der Waals surface area contributed by atoms with Gasteiger partial charge in [-0.05, 0) is 19.1 Å². The van der Waals surface area contributed by atoms with Crippen molar-refractivity contribution in [1.82, 2.24) is 10.6 Å². The van der Waals surface area contributed by atoms with Crippen LogP contribution in [-0.4, -0.2) is 35.5 Å². The third-order valence-corrected chi connectivity index (χ3v) is 1.79. The van der Waals surface area contributed by atoms with E-state index in [2.05, 4.69) is 22.9 Å². The summed E-state index contributed by atoms with van der Waals surface area (Å²) in [5, 5.41) is 13.1. The van der Waals surface area contributed by atoms with Gasteiger partial charge in [0, 0.05) is 13.1 Å². The Morgan fingerprint density at radius 2 is 2.00 bits per heavy atom. The Morgan fingerprint density at radius 1 is 1.47 bits per heavy atom. The van der Waals surface area contributed by atoms with Crippen molar-refractivity contribution >= 4 is 23.3 Å². The van der Waals surface area contributed by atoms with Gasteiger partial charge in [0.15, 0.2) is 11.0 Å². The predicted octanol–water partition coefficient (Wildman–Crippen LogP) is 0.734. The van der Waals surface area contributed by atoms with Crippen molar-refractivity contribution in [2.45, 2.75) is 13.1 Å². The maximum atomic E-state index is 12.1. The number of rotatable bonds is 4. The number of carboxylic acid groups (broad SMARTS) is 1. The highest BCUT2D eigenvalue weighted by molar-refractivity contribution is 7.80. The second kappa shape index (κ2) is 5.74. The smallest absolute Gasteiger partial charge is 0.403 e. The van der Waals surface area contributed by atoms with E-state index in [9.17, 15) is 18.0 Å². The number of hydrogen-bond acceptors (Lipinski definition) is 2. The molecule has 1 atom stereocenters. The molecule has 0 aromatic carbocycles. The monoisotopic (exact) mass is 244 g/mol. The maximum Gasteiger partial charge on any atom is 0.403 e. The molecule has 0 spiro atoms. The number of carboxylic acids is 1. The highest BCUT2D eigenvalue weighted by atomic mass is 32.1. The topological polar surface area (TPSA) is 61.4 Å². The average molecular weight is 244 g/mol. The Kier molecular flexibility index (Phi) is 5.34. The third-order valence-electron chi connectivity index (χ3n) is 1.50. The molecular weight excluding hydrogens is 233 g/mol. The Morgan fingerprint density at radius 3 is 2.33 bits per heavy atom. The quantitative estimate of drug-likeness (QED) is 0.636. The van der Waals surface area contributed by atoms with E-state index in [1.165, 1.54) is 0 Å². The van der Waals surface area contributed by atoms with Crippen LogP contribution in [0.1, 0.15) is 6.92 Å². The van der Waals surface area contributed by atoms with Crippen LogP contribution in [0, 0.1) is 5.92 Å². The molecule has 0 aliphatic carbocycles. The number of thiocarbonyl (C=S) groups is 1. The highest BCUT2D eigenvalue weighted by Crippen LogP contribution is 2.25. The highest BCUT2D eigenvalue weighted by Gasteiger charge is 2.44. The first-order valence-corrected chi connectivity index (χ1v) is 4.51. The van der Waals surface area contributed by atoms with Crippen molar-refractivity contribution in [2.24, 2.45) is 5.92 Å². The number of halogens is 3. The largest absolute Gasteiger partial charge is 0.481 e. The van der Waals surface area contributed by atoms with Crippen LogP contribution in [0.3, 0.4) is 0 Å². The summed E-state index contributed by atoms with van der Waals surface area (Å²) in [6.45, 7) is 1.40. The molecule has 3 N–H and O–H groups in total. The van der Waals surface area contributed by atoms with Gasteiger partial charge in [0.25, 0.3) is 0 Å². The third kappa shape index (κ3) is 5.40. The second-order valence-electron chi connectivity index (χ2n) is 2.67. The van der Waals surface area contributed by atoms with Gasteiger partial charge in [-0.3, -0.25) is 4.79 Å². The van der Waals surface area contributed by atoms with E-state index in [1.54, 1.807) is 6.92 Å². The SMILES string of the molecule is CCNC(=S)NCC(C(=O)O)C(F)(F)F. The summed E-state index contributed by atoms with van der Waals surface area (Å²) in [4.78, 5) is 10.3. The Hall–Kier alpha value is -1.05. The van der Waals surface area contributed by atoms with Crippen molar-refractivity contribution in [3.63, 3.8) is 0 Å². The summed E-state index contributed by atoms with van der Waals surface area (Å²) < 4.78 is 36.4. The number of aliphatic carboxylic acids is 1. The molecule has 0 aromatic rings. The molecule has 15 heavy (non-hydrogen) atoms. The molecule has 0 aliphatic rings. The average Bonchev–Trinajstić information content (AvgIpc) is 2.01. The van der Waals surface area contributed by atoms with Crippen molar-refractivity contribution in [3.05, 3.63) is 0 Å². The van der Waals surface area contributed by atoms with Gasteiger partial charge in [-0.25, -0.2) is 0 Å². The van der Waals surface area contributed by atoms with Crippen LogP contribution in [0.4, 0.5) is 13.2 Å². The summed E-state index contributed by atoms with van der Waals surface area (Å²) in [7, 11) is 0. The lowest BCUT2D eigenvalue weighted by molar-refractivity contribution is -0.191. The molecule has 0 aliphatic heterocycles. The molecule has 0 saturated carbocycles. The van der Waals surface area contributed by atoms with Gasteiger partial charge >= 0.3 is 12.1 Å². The minimum Gasteiger partial charge on any atom is -0.481 e. The first-order valence-electron chi connectivity index (χ1n) is 4.10. The van der Waals surface area contributed by atoms with Crippen LogP contribution in [0.25, 0.3) is 0 Å². The molecular formula is C7H11F3N2O2S. The van der Waals surface area contributed by atoms with Crippen molar-refractivity contribution in [3.8, 4) is 0 Å². The van der Waals surface area contributed by atoms with Gasteiger partial charge in [0.2, 0.25) is 0 Å². The van der Waals surface area contributed by atoms with E-state index in [-0.39, 0.29) is 5.11 Å². The van der Waals surface area contributed by atoms with E-state index in [0.29, 0.717) is 6.54 Å². The molecule has 0 fully saturated rings. The number of carbonyl (C=O) groups is 1. The predicted molar refractivity (Wildman–Crippen MR) is 51.5 cm³/mol. The van der Waals surface area contributed by atoms with Crippen LogP contribution >= 0.6 is 12.2 Å². The van der Waals surface area contributed by atoms with E-state index in [0.717, 1.165) is 0 Å². The zero-order chi connectivity index (χ0) is 12.1. The lowest BCUT2D eigenvalue weighted by Crippen LogP contribution is -2.44.